The maximum atomic E-state index is 13.8. The number of anilines is 1. The van der Waals surface area contributed by atoms with Gasteiger partial charge in [-0.2, -0.15) is 0 Å². The molecule has 3 rings (SSSR count). The zero-order chi connectivity index (χ0) is 13.9. The number of hydrogen-bond acceptors (Lipinski definition) is 5. The standard InChI is InChI=1S/C14H11FN4S/c1-16-14-18-8-12(20-14)11-6-7-17-13(19-11)9-4-2-3-5-10(9)15/h2-8H,1H3,(H,16,18). The van der Waals surface area contributed by atoms with E-state index in [4.69, 9.17) is 0 Å². The lowest BCUT2D eigenvalue weighted by Crippen LogP contribution is -1.92. The molecule has 0 saturated carbocycles. The van der Waals surface area contributed by atoms with Crippen LogP contribution in [0.1, 0.15) is 0 Å². The van der Waals surface area contributed by atoms with Gasteiger partial charge in [-0.15, -0.1) is 0 Å². The molecule has 3 aromatic rings. The Labute approximate surface area is 119 Å². The molecule has 1 aromatic carbocycles. The Morgan fingerprint density at radius 1 is 1.15 bits per heavy atom. The van der Waals surface area contributed by atoms with Gasteiger partial charge in [0.05, 0.1) is 16.1 Å². The molecule has 2 aromatic heterocycles. The van der Waals surface area contributed by atoms with Gasteiger partial charge in [0.25, 0.3) is 0 Å². The monoisotopic (exact) mass is 286 g/mol. The minimum Gasteiger partial charge on any atom is -0.365 e. The Morgan fingerprint density at radius 2 is 2.00 bits per heavy atom. The Hall–Kier alpha value is -2.34. The maximum absolute atomic E-state index is 13.8. The quantitative estimate of drug-likeness (QED) is 0.801. The van der Waals surface area contributed by atoms with E-state index >= 15 is 0 Å². The molecule has 0 aliphatic rings. The van der Waals surface area contributed by atoms with Crippen molar-refractivity contribution in [1.29, 1.82) is 0 Å². The van der Waals surface area contributed by atoms with Crippen molar-refractivity contribution in [2.24, 2.45) is 0 Å². The Kier molecular flexibility index (Phi) is 3.39. The van der Waals surface area contributed by atoms with Gasteiger partial charge in [0.1, 0.15) is 5.82 Å². The number of hydrogen-bond donors (Lipinski definition) is 1. The largest absolute Gasteiger partial charge is 0.365 e. The van der Waals surface area contributed by atoms with E-state index in [0.29, 0.717) is 11.4 Å². The Morgan fingerprint density at radius 3 is 2.75 bits per heavy atom. The van der Waals surface area contributed by atoms with Gasteiger partial charge < -0.3 is 5.32 Å². The lowest BCUT2D eigenvalue weighted by atomic mass is 10.2. The molecule has 0 saturated heterocycles. The van der Waals surface area contributed by atoms with Crippen molar-refractivity contribution in [3.05, 3.63) is 48.5 Å². The van der Waals surface area contributed by atoms with E-state index in [-0.39, 0.29) is 5.82 Å². The second-order valence-corrected chi connectivity index (χ2v) is 5.06. The minimum atomic E-state index is -0.329. The van der Waals surface area contributed by atoms with Crippen LogP contribution in [-0.2, 0) is 0 Å². The number of nitrogens with zero attached hydrogens (tertiary/aromatic N) is 3. The zero-order valence-corrected chi connectivity index (χ0v) is 11.5. The molecule has 0 atom stereocenters. The summed E-state index contributed by atoms with van der Waals surface area (Å²) in [7, 11) is 1.81. The average molecular weight is 286 g/mol. The highest BCUT2D eigenvalue weighted by Crippen LogP contribution is 2.28. The van der Waals surface area contributed by atoms with Gasteiger partial charge in [0, 0.05) is 19.4 Å². The summed E-state index contributed by atoms with van der Waals surface area (Å²) in [5, 5.41) is 3.79. The van der Waals surface area contributed by atoms with Crippen LogP contribution in [0.2, 0.25) is 0 Å². The van der Waals surface area contributed by atoms with Crippen LogP contribution in [-0.4, -0.2) is 22.0 Å². The zero-order valence-electron chi connectivity index (χ0n) is 10.7. The number of rotatable bonds is 3. The van der Waals surface area contributed by atoms with E-state index < -0.39 is 0 Å². The normalized spacial score (nSPS) is 10.5. The van der Waals surface area contributed by atoms with Crippen molar-refractivity contribution in [2.75, 3.05) is 12.4 Å². The first-order valence-electron chi connectivity index (χ1n) is 6.00. The highest BCUT2D eigenvalue weighted by atomic mass is 32.1. The molecule has 0 aliphatic carbocycles. The third kappa shape index (κ3) is 2.37. The molecule has 0 radical (unpaired) electrons. The summed E-state index contributed by atoms with van der Waals surface area (Å²) >= 11 is 1.49. The van der Waals surface area contributed by atoms with Crippen molar-refractivity contribution < 1.29 is 4.39 Å². The number of nitrogens with one attached hydrogen (secondary N) is 1. The topological polar surface area (TPSA) is 50.7 Å². The third-order valence-corrected chi connectivity index (χ3v) is 3.78. The van der Waals surface area contributed by atoms with Gasteiger partial charge in [-0.3, -0.25) is 0 Å². The molecule has 1 N–H and O–H groups in total. The average Bonchev–Trinajstić information content (AvgIpc) is 2.97. The molecule has 0 bridgehead atoms. The van der Waals surface area contributed by atoms with Crippen LogP contribution in [0.3, 0.4) is 0 Å². The fourth-order valence-corrected chi connectivity index (χ4v) is 2.52. The molecule has 20 heavy (non-hydrogen) atoms. The fourth-order valence-electron chi connectivity index (χ4n) is 1.78. The lowest BCUT2D eigenvalue weighted by Gasteiger charge is -2.03. The second kappa shape index (κ2) is 5.34. The van der Waals surface area contributed by atoms with Crippen LogP contribution in [0, 0.1) is 5.82 Å². The Balaban J connectivity index is 2.04. The summed E-state index contributed by atoms with van der Waals surface area (Å²) in [6.07, 6.45) is 3.37. The van der Waals surface area contributed by atoms with Gasteiger partial charge in [-0.05, 0) is 18.2 Å². The number of halogens is 1. The van der Waals surface area contributed by atoms with Crippen LogP contribution in [0.5, 0.6) is 0 Å². The smallest absolute Gasteiger partial charge is 0.182 e. The molecule has 0 amide bonds. The van der Waals surface area contributed by atoms with Crippen molar-refractivity contribution >= 4 is 16.5 Å². The fraction of sp³-hybridized carbons (Fsp3) is 0.0714. The molecule has 2 heterocycles. The molecule has 100 valence electrons. The van der Waals surface area contributed by atoms with Crippen LogP contribution < -0.4 is 5.32 Å². The second-order valence-electron chi connectivity index (χ2n) is 4.02. The third-order valence-electron chi connectivity index (χ3n) is 2.74. The van der Waals surface area contributed by atoms with Gasteiger partial charge in [-0.1, -0.05) is 23.5 Å². The van der Waals surface area contributed by atoms with E-state index in [1.165, 1.54) is 17.4 Å². The summed E-state index contributed by atoms with van der Waals surface area (Å²) in [6.45, 7) is 0. The SMILES string of the molecule is CNc1ncc(-c2ccnc(-c3ccccc3F)n2)s1. The summed E-state index contributed by atoms with van der Waals surface area (Å²) in [5.74, 6) is 0.0462. The lowest BCUT2D eigenvalue weighted by molar-refractivity contribution is 0.630. The number of benzene rings is 1. The first-order valence-corrected chi connectivity index (χ1v) is 6.81. The van der Waals surface area contributed by atoms with Gasteiger partial charge in [-0.25, -0.2) is 19.3 Å². The van der Waals surface area contributed by atoms with Crippen molar-refractivity contribution in [2.45, 2.75) is 0 Å². The maximum Gasteiger partial charge on any atom is 0.182 e. The molecule has 0 fully saturated rings. The number of thiazole rings is 1. The van der Waals surface area contributed by atoms with Gasteiger partial charge in [0.15, 0.2) is 11.0 Å². The van der Waals surface area contributed by atoms with Crippen molar-refractivity contribution in [3.63, 3.8) is 0 Å². The summed E-state index contributed by atoms with van der Waals surface area (Å²) < 4.78 is 13.8. The van der Waals surface area contributed by atoms with E-state index in [1.54, 1.807) is 36.7 Å². The van der Waals surface area contributed by atoms with E-state index in [9.17, 15) is 4.39 Å². The molecule has 6 heteroatoms. The molecule has 0 unspecified atom stereocenters. The highest BCUT2D eigenvalue weighted by molar-refractivity contribution is 7.18. The van der Waals surface area contributed by atoms with Gasteiger partial charge in [0.2, 0.25) is 0 Å². The van der Waals surface area contributed by atoms with Crippen molar-refractivity contribution in [1.82, 2.24) is 15.0 Å². The molecule has 0 aliphatic heterocycles. The summed E-state index contributed by atoms with van der Waals surface area (Å²) in [6, 6.07) is 8.26. The first-order chi connectivity index (χ1) is 9.78. The Bertz CT molecular complexity index is 741. The van der Waals surface area contributed by atoms with Crippen molar-refractivity contribution in [3.8, 4) is 22.0 Å². The molecule has 0 spiro atoms. The van der Waals surface area contributed by atoms with Crippen LogP contribution >= 0.6 is 11.3 Å². The first kappa shape index (κ1) is 12.7. The predicted octanol–water partition coefficient (Wildman–Crippen LogP) is 3.45. The van der Waals surface area contributed by atoms with E-state index in [1.807, 2.05) is 7.05 Å². The molecule has 4 nitrogen and oxygen atoms in total. The predicted molar refractivity (Wildman–Crippen MR) is 78.1 cm³/mol. The van der Waals surface area contributed by atoms with Crippen LogP contribution in [0.4, 0.5) is 9.52 Å². The summed E-state index contributed by atoms with van der Waals surface area (Å²) in [4.78, 5) is 13.7. The molecular formula is C14H11FN4S. The highest BCUT2D eigenvalue weighted by Gasteiger charge is 2.10. The van der Waals surface area contributed by atoms with E-state index in [0.717, 1.165) is 15.7 Å². The van der Waals surface area contributed by atoms with Crippen LogP contribution in [0.25, 0.3) is 22.0 Å². The summed E-state index contributed by atoms with van der Waals surface area (Å²) in [5.41, 5.74) is 1.13. The number of aromatic nitrogens is 3. The molecular weight excluding hydrogens is 275 g/mol. The van der Waals surface area contributed by atoms with E-state index in [2.05, 4.69) is 20.3 Å². The van der Waals surface area contributed by atoms with Crippen LogP contribution in [0.15, 0.2) is 42.7 Å². The van der Waals surface area contributed by atoms with Gasteiger partial charge >= 0.3 is 0 Å². The minimum absolute atomic E-state index is 0.329.